The lowest BCUT2D eigenvalue weighted by Crippen LogP contribution is -2.41. The highest BCUT2D eigenvalue weighted by Gasteiger charge is 2.28. The topological polar surface area (TPSA) is 70.6 Å². The molecule has 0 aromatic carbocycles. The number of nitrogens with zero attached hydrogens (tertiary/aromatic N) is 1. The van der Waals surface area contributed by atoms with Crippen LogP contribution in [0.4, 0.5) is 0 Å². The molecule has 2 N–H and O–H groups in total. The van der Waals surface area contributed by atoms with E-state index in [9.17, 15) is 8.42 Å². The minimum Gasteiger partial charge on any atom is -0.357 e. The van der Waals surface area contributed by atoms with E-state index in [-0.39, 0.29) is 29.7 Å². The van der Waals surface area contributed by atoms with Crippen LogP contribution < -0.4 is 10.6 Å². The van der Waals surface area contributed by atoms with Crippen LogP contribution in [0.15, 0.2) is 4.99 Å². The van der Waals surface area contributed by atoms with Crippen molar-refractivity contribution in [1.82, 2.24) is 10.6 Å². The van der Waals surface area contributed by atoms with E-state index in [1.165, 1.54) is 0 Å². The second kappa shape index (κ2) is 10.6. The van der Waals surface area contributed by atoms with E-state index in [1.807, 2.05) is 6.92 Å². The zero-order valence-electron chi connectivity index (χ0n) is 14.2. The van der Waals surface area contributed by atoms with Crippen LogP contribution in [0.2, 0.25) is 0 Å². The summed E-state index contributed by atoms with van der Waals surface area (Å²) in [5.41, 5.74) is 0. The lowest BCUT2D eigenvalue weighted by atomic mass is 10.1. The Bertz CT molecular complexity index is 401. The molecule has 5 nitrogen and oxygen atoms in total. The minimum atomic E-state index is -3.09. The number of hydrogen-bond acceptors (Lipinski definition) is 3. The molecule has 21 heavy (non-hydrogen) atoms. The Morgan fingerprint density at radius 1 is 1.19 bits per heavy atom. The molecule has 0 amide bonds. The Hall–Kier alpha value is -0.0500. The van der Waals surface area contributed by atoms with Gasteiger partial charge >= 0.3 is 0 Å². The molecule has 7 heteroatoms. The summed E-state index contributed by atoms with van der Waals surface area (Å²) in [5.74, 6) is 1.42. The van der Waals surface area contributed by atoms with Crippen molar-refractivity contribution in [3.05, 3.63) is 0 Å². The molecule has 0 aromatic rings. The second-order valence-corrected chi connectivity index (χ2v) is 9.16. The maximum absolute atomic E-state index is 12.0. The zero-order valence-corrected chi connectivity index (χ0v) is 17.3. The molecule has 0 bridgehead atoms. The largest absolute Gasteiger partial charge is 0.357 e. The molecular weight excluding hydrogens is 401 g/mol. The fraction of sp³-hybridized carbons (Fsp3) is 0.929. The Morgan fingerprint density at radius 2 is 1.76 bits per heavy atom. The first kappa shape index (κ1) is 23.2. The maximum atomic E-state index is 12.0. The van der Waals surface area contributed by atoms with Crippen molar-refractivity contribution in [1.29, 1.82) is 0 Å². The first-order valence-corrected chi connectivity index (χ1v) is 9.00. The number of aliphatic imine (C=N–C) groups is 1. The highest BCUT2D eigenvalue weighted by Crippen LogP contribution is 2.15. The predicted molar refractivity (Wildman–Crippen MR) is 102 cm³/mol. The molecule has 0 radical (unpaired) electrons. The summed E-state index contributed by atoms with van der Waals surface area (Å²) in [6.45, 7) is 13.4. The van der Waals surface area contributed by atoms with Crippen LogP contribution >= 0.6 is 24.0 Å². The summed E-state index contributed by atoms with van der Waals surface area (Å²) in [6, 6.07) is 0. The second-order valence-electron chi connectivity index (χ2n) is 6.30. The van der Waals surface area contributed by atoms with Crippen LogP contribution in [0.25, 0.3) is 0 Å². The van der Waals surface area contributed by atoms with Gasteiger partial charge in [0.15, 0.2) is 15.8 Å². The van der Waals surface area contributed by atoms with Gasteiger partial charge in [0.1, 0.15) is 0 Å². The third-order valence-electron chi connectivity index (χ3n) is 2.92. The zero-order chi connectivity index (χ0) is 15.8. The van der Waals surface area contributed by atoms with E-state index in [1.54, 1.807) is 20.8 Å². The lowest BCUT2D eigenvalue weighted by Gasteiger charge is -2.19. The van der Waals surface area contributed by atoms with Gasteiger partial charge in [-0.3, -0.25) is 4.99 Å². The Kier molecular flexibility index (Phi) is 11.8. The molecule has 0 saturated heterocycles. The Labute approximate surface area is 147 Å². The van der Waals surface area contributed by atoms with Crippen molar-refractivity contribution in [3.8, 4) is 0 Å². The number of rotatable bonds is 7. The number of sulfone groups is 1. The molecule has 128 valence electrons. The van der Waals surface area contributed by atoms with Gasteiger partial charge in [-0.2, -0.15) is 0 Å². The highest BCUT2D eigenvalue weighted by atomic mass is 127. The molecule has 0 aromatic heterocycles. The monoisotopic (exact) mass is 433 g/mol. The average molecular weight is 433 g/mol. The van der Waals surface area contributed by atoms with Gasteiger partial charge in [0.05, 0.1) is 10.5 Å². The Morgan fingerprint density at radius 3 is 2.19 bits per heavy atom. The summed E-state index contributed by atoms with van der Waals surface area (Å²) in [7, 11) is -3.09. The van der Waals surface area contributed by atoms with Crippen LogP contribution in [0.1, 0.15) is 48.0 Å². The van der Waals surface area contributed by atoms with Gasteiger partial charge in [-0.25, -0.2) is 8.42 Å². The van der Waals surface area contributed by atoms with Crippen molar-refractivity contribution in [2.24, 2.45) is 10.9 Å². The smallest absolute Gasteiger partial charge is 0.191 e. The molecule has 0 aliphatic carbocycles. The number of halogens is 1. The van der Waals surface area contributed by atoms with Crippen molar-refractivity contribution in [3.63, 3.8) is 0 Å². The van der Waals surface area contributed by atoms with E-state index in [0.29, 0.717) is 18.4 Å². The predicted octanol–water partition coefficient (Wildman–Crippen LogP) is 2.42. The van der Waals surface area contributed by atoms with Crippen LogP contribution in [0, 0.1) is 5.92 Å². The normalized spacial score (nSPS) is 13.0. The molecule has 0 fully saturated rings. The van der Waals surface area contributed by atoms with Gasteiger partial charge in [-0.15, -0.1) is 24.0 Å². The van der Waals surface area contributed by atoms with Crippen LogP contribution in [0.3, 0.4) is 0 Å². The molecule has 0 atom stereocenters. The van der Waals surface area contributed by atoms with E-state index < -0.39 is 14.6 Å². The van der Waals surface area contributed by atoms with Gasteiger partial charge in [0.2, 0.25) is 0 Å². The lowest BCUT2D eigenvalue weighted by molar-refractivity contribution is 0.559. The molecule has 0 spiro atoms. The molecule has 0 saturated carbocycles. The maximum Gasteiger partial charge on any atom is 0.191 e. The summed E-state index contributed by atoms with van der Waals surface area (Å²) >= 11 is 0. The van der Waals surface area contributed by atoms with Gasteiger partial charge in [-0.05, 0) is 40.0 Å². The van der Waals surface area contributed by atoms with E-state index in [0.717, 1.165) is 19.5 Å². The molecule has 0 rings (SSSR count). The van der Waals surface area contributed by atoms with Gasteiger partial charge < -0.3 is 10.6 Å². The fourth-order valence-electron chi connectivity index (χ4n) is 1.39. The SMILES string of the molecule is CCNC(=NCCC(C)C)NCCS(=O)(=O)C(C)(C)C.I. The first-order chi connectivity index (χ1) is 9.10. The van der Waals surface area contributed by atoms with Crippen LogP contribution in [-0.4, -0.2) is 44.5 Å². The van der Waals surface area contributed by atoms with Crippen LogP contribution in [-0.2, 0) is 9.84 Å². The summed E-state index contributed by atoms with van der Waals surface area (Å²) < 4.78 is 23.3. The standard InChI is InChI=1S/C14H31N3O2S.HI/c1-7-15-13(16-9-8-12(2)3)17-10-11-20(18,19)14(4,5)6;/h12H,7-11H2,1-6H3,(H2,15,16,17);1H. The van der Waals surface area contributed by atoms with Crippen LogP contribution in [0.5, 0.6) is 0 Å². The van der Waals surface area contributed by atoms with E-state index >= 15 is 0 Å². The van der Waals surface area contributed by atoms with Crippen molar-refractivity contribution in [2.75, 3.05) is 25.4 Å². The summed E-state index contributed by atoms with van der Waals surface area (Å²) in [6.07, 6.45) is 1.02. The molecular formula is C14H32IN3O2S. The fourth-order valence-corrected chi connectivity index (χ4v) is 2.37. The Balaban J connectivity index is 0. The summed E-state index contributed by atoms with van der Waals surface area (Å²) in [4.78, 5) is 4.43. The van der Waals surface area contributed by atoms with Crippen molar-refractivity contribution >= 4 is 39.8 Å². The van der Waals surface area contributed by atoms with E-state index in [2.05, 4.69) is 29.5 Å². The van der Waals surface area contributed by atoms with Gasteiger partial charge in [-0.1, -0.05) is 13.8 Å². The molecule has 0 aliphatic rings. The first-order valence-electron chi connectivity index (χ1n) is 7.34. The highest BCUT2D eigenvalue weighted by molar-refractivity contribution is 14.0. The minimum absolute atomic E-state index is 0. The number of guanidine groups is 1. The third kappa shape index (κ3) is 10.3. The third-order valence-corrected chi connectivity index (χ3v) is 5.52. The van der Waals surface area contributed by atoms with E-state index in [4.69, 9.17) is 0 Å². The van der Waals surface area contributed by atoms with Crippen molar-refractivity contribution < 1.29 is 8.42 Å². The van der Waals surface area contributed by atoms with Gasteiger partial charge in [0, 0.05) is 19.6 Å². The van der Waals surface area contributed by atoms with Gasteiger partial charge in [0.25, 0.3) is 0 Å². The number of hydrogen-bond donors (Lipinski definition) is 2. The molecule has 0 aliphatic heterocycles. The molecule has 0 heterocycles. The summed E-state index contributed by atoms with van der Waals surface area (Å²) in [5, 5.41) is 6.21. The quantitative estimate of drug-likeness (QED) is 0.368. The average Bonchev–Trinajstić information content (AvgIpc) is 2.26. The van der Waals surface area contributed by atoms with Crippen molar-refractivity contribution in [2.45, 2.75) is 52.7 Å². The number of nitrogens with one attached hydrogen (secondary N) is 2. The molecule has 0 unspecified atom stereocenters.